The van der Waals surface area contributed by atoms with Gasteiger partial charge in [0.1, 0.15) is 28.2 Å². The minimum atomic E-state index is -0.664. The molecule has 7 heterocycles. The van der Waals surface area contributed by atoms with Crippen molar-refractivity contribution in [2.45, 2.75) is 70.7 Å². The topological polar surface area (TPSA) is 259 Å². The summed E-state index contributed by atoms with van der Waals surface area (Å²) < 4.78 is 25.1. The molecule has 0 saturated carbocycles. The molecule has 7 N–H and O–H groups in total. The zero-order valence-electron chi connectivity index (χ0n) is 38.1. The van der Waals surface area contributed by atoms with Crippen molar-refractivity contribution in [2.24, 2.45) is 18.5 Å². The quantitative estimate of drug-likeness (QED) is 0.0613. The predicted octanol–water partition coefficient (Wildman–Crippen LogP) is 3.32. The van der Waals surface area contributed by atoms with Gasteiger partial charge >= 0.3 is 0 Å². The van der Waals surface area contributed by atoms with E-state index in [9.17, 15) is 19.2 Å². The fraction of sp³-hybridized carbons (Fsp3) is 0.435. The highest BCUT2D eigenvalue weighted by molar-refractivity contribution is 6.06. The van der Waals surface area contributed by atoms with E-state index in [2.05, 4.69) is 31.0 Å². The van der Waals surface area contributed by atoms with Crippen molar-refractivity contribution in [3.8, 4) is 11.5 Å². The predicted molar refractivity (Wildman–Crippen MR) is 249 cm³/mol. The SMILES string of the molecule is CCn1nc(C)cc1C(=O)Nc1nc2cc(C(N)=O)cc(OC)c2n1C/C=C/Cn1c(NC(=O)c2cn(C)nc2C2CNC2)nc2cc(C(N)=O)cc(OCCCN3CC4(CCCCO4)C3)c21. The van der Waals surface area contributed by atoms with Crippen LogP contribution in [0.4, 0.5) is 11.9 Å². The van der Waals surface area contributed by atoms with Gasteiger partial charge in [0.25, 0.3) is 11.8 Å². The Balaban J connectivity index is 1.04. The van der Waals surface area contributed by atoms with Crippen molar-refractivity contribution < 1.29 is 33.4 Å². The summed E-state index contributed by atoms with van der Waals surface area (Å²) >= 11 is 0. The Morgan fingerprint density at radius 1 is 0.896 bits per heavy atom. The van der Waals surface area contributed by atoms with E-state index in [0.29, 0.717) is 82.5 Å². The maximum atomic E-state index is 14.1. The molecule has 6 aromatic rings. The third kappa shape index (κ3) is 9.08. The minimum absolute atomic E-state index is 0.0211. The summed E-state index contributed by atoms with van der Waals surface area (Å²) in [5, 5.41) is 18.2. The molecule has 3 fully saturated rings. The number of aryl methyl sites for hydroxylation is 3. The molecule has 67 heavy (non-hydrogen) atoms. The first-order valence-electron chi connectivity index (χ1n) is 22.6. The number of primary amides is 2. The number of carbonyl (C=O) groups is 4. The summed E-state index contributed by atoms with van der Waals surface area (Å²) in [4.78, 5) is 64.8. The summed E-state index contributed by atoms with van der Waals surface area (Å²) in [5.74, 6) is -0.943. The van der Waals surface area contributed by atoms with Crippen LogP contribution in [0.2, 0.25) is 0 Å². The van der Waals surface area contributed by atoms with Gasteiger partial charge in [0.2, 0.25) is 23.7 Å². The minimum Gasteiger partial charge on any atom is -0.494 e. The zero-order chi connectivity index (χ0) is 47.0. The number of ether oxygens (including phenoxy) is 3. The molecule has 0 radical (unpaired) electrons. The van der Waals surface area contributed by atoms with E-state index in [1.807, 2.05) is 30.6 Å². The lowest BCUT2D eigenvalue weighted by atomic mass is 9.86. The molecular formula is C46H56N14O7. The molecule has 0 unspecified atom stereocenters. The van der Waals surface area contributed by atoms with Crippen molar-refractivity contribution in [3.63, 3.8) is 0 Å². The molecule has 0 bridgehead atoms. The van der Waals surface area contributed by atoms with Gasteiger partial charge in [-0.25, -0.2) is 9.97 Å². The molecule has 3 aliphatic heterocycles. The van der Waals surface area contributed by atoms with Crippen LogP contribution in [0.5, 0.6) is 11.5 Å². The summed E-state index contributed by atoms with van der Waals surface area (Å²) in [6.07, 6.45) is 9.55. The third-order valence-electron chi connectivity index (χ3n) is 12.6. The zero-order valence-corrected chi connectivity index (χ0v) is 38.1. The first-order valence-corrected chi connectivity index (χ1v) is 22.6. The maximum absolute atomic E-state index is 14.1. The number of benzene rings is 2. The van der Waals surface area contributed by atoms with Crippen LogP contribution < -0.4 is 36.9 Å². The summed E-state index contributed by atoms with van der Waals surface area (Å²) in [6, 6.07) is 7.97. The smallest absolute Gasteiger partial charge is 0.276 e. The fourth-order valence-electron chi connectivity index (χ4n) is 9.24. The number of anilines is 2. The Labute approximate surface area is 385 Å². The Bertz CT molecular complexity index is 2910. The molecular weight excluding hydrogens is 861 g/mol. The lowest BCUT2D eigenvalue weighted by Crippen LogP contribution is -2.64. The lowest BCUT2D eigenvalue weighted by Gasteiger charge is -2.51. The number of amides is 4. The molecule has 0 aliphatic carbocycles. The second-order valence-corrected chi connectivity index (χ2v) is 17.4. The number of imidazole rings is 2. The molecule has 4 amide bonds. The van der Waals surface area contributed by atoms with Gasteiger partial charge < -0.3 is 40.1 Å². The lowest BCUT2D eigenvalue weighted by molar-refractivity contribution is -0.166. The van der Waals surface area contributed by atoms with Crippen LogP contribution in [-0.4, -0.2) is 126 Å². The number of allylic oxidation sites excluding steroid dienone is 2. The van der Waals surface area contributed by atoms with Crippen LogP contribution in [0.15, 0.2) is 48.7 Å². The Morgan fingerprint density at radius 3 is 2.12 bits per heavy atom. The van der Waals surface area contributed by atoms with E-state index >= 15 is 0 Å². The largest absolute Gasteiger partial charge is 0.494 e. The Hall–Kier alpha value is -7.10. The van der Waals surface area contributed by atoms with Crippen LogP contribution in [0.1, 0.15) is 91.5 Å². The number of nitrogens with one attached hydrogen (secondary N) is 3. The van der Waals surface area contributed by atoms with Gasteiger partial charge in [0.05, 0.1) is 47.3 Å². The van der Waals surface area contributed by atoms with Crippen molar-refractivity contribution in [3.05, 3.63) is 82.5 Å². The average molecular weight is 917 g/mol. The van der Waals surface area contributed by atoms with E-state index < -0.39 is 23.6 Å². The summed E-state index contributed by atoms with van der Waals surface area (Å²) in [6.45, 7) is 9.73. The summed E-state index contributed by atoms with van der Waals surface area (Å²) in [5.41, 5.74) is 15.8. The van der Waals surface area contributed by atoms with Crippen molar-refractivity contribution in [2.75, 3.05) is 63.7 Å². The van der Waals surface area contributed by atoms with Crippen LogP contribution >= 0.6 is 0 Å². The van der Waals surface area contributed by atoms with Crippen LogP contribution in [0.25, 0.3) is 22.1 Å². The van der Waals surface area contributed by atoms with Crippen molar-refractivity contribution >= 4 is 57.6 Å². The maximum Gasteiger partial charge on any atom is 0.276 e. The second kappa shape index (κ2) is 18.6. The number of hydrogen-bond donors (Lipinski definition) is 5. The van der Waals surface area contributed by atoms with Crippen molar-refractivity contribution in [1.29, 1.82) is 0 Å². The van der Waals surface area contributed by atoms with Crippen LogP contribution in [0.3, 0.4) is 0 Å². The highest BCUT2D eigenvalue weighted by Crippen LogP contribution is 2.36. The van der Waals surface area contributed by atoms with E-state index in [1.54, 1.807) is 51.4 Å². The first kappa shape index (κ1) is 45.1. The third-order valence-corrected chi connectivity index (χ3v) is 12.6. The number of methoxy groups -OCH3 is 1. The highest BCUT2D eigenvalue weighted by atomic mass is 16.5. The standard InChI is InChI=1S/C46H56N14O7/c1-5-60-34(17-27(2)54-60)43(64)53-45-50-32-18-28(40(47)61)20-35(65-4)38(32)58(45)13-7-8-14-59-39-33(51-44(59)52-42(63)31-24-56(3)55-37(31)30-22-49-23-30)19-29(41(48)62)21-36(39)66-15-10-12-57-25-46(26-57)11-6-9-16-67-46/h7-8,17-21,24,30,49H,5-6,9-16,22-23,25-26H2,1-4H3,(H2,47,61)(H2,48,62)(H,50,53,64)(H,51,52,63)/b8-7+. The van der Waals surface area contributed by atoms with E-state index in [1.165, 1.54) is 19.6 Å². The number of carbonyl (C=O) groups excluding carboxylic acids is 4. The molecule has 3 aliphatic rings. The number of nitrogens with zero attached hydrogens (tertiary/aromatic N) is 9. The van der Waals surface area contributed by atoms with Crippen LogP contribution in [0, 0.1) is 6.92 Å². The monoisotopic (exact) mass is 916 g/mol. The number of fused-ring (bicyclic) bond motifs is 2. The van der Waals surface area contributed by atoms with Gasteiger partial charge in [-0.3, -0.25) is 44.1 Å². The molecule has 352 valence electrons. The Kier molecular flexibility index (Phi) is 12.5. The molecule has 3 saturated heterocycles. The molecule has 21 heteroatoms. The van der Waals surface area contributed by atoms with Crippen molar-refractivity contribution in [1.82, 2.24) is 48.9 Å². The van der Waals surface area contributed by atoms with Gasteiger partial charge in [-0.2, -0.15) is 10.2 Å². The van der Waals surface area contributed by atoms with E-state index in [0.717, 1.165) is 45.5 Å². The normalized spacial score (nSPS) is 16.1. The number of aromatic nitrogens is 8. The van der Waals surface area contributed by atoms with Gasteiger partial charge in [-0.15, -0.1) is 0 Å². The molecule has 4 aromatic heterocycles. The number of likely N-dealkylation sites (tertiary alicyclic amines) is 1. The first-order chi connectivity index (χ1) is 32.3. The fourth-order valence-corrected chi connectivity index (χ4v) is 9.24. The van der Waals surface area contributed by atoms with Gasteiger partial charge in [0.15, 0.2) is 0 Å². The molecule has 21 nitrogen and oxygen atoms in total. The number of rotatable bonds is 18. The summed E-state index contributed by atoms with van der Waals surface area (Å²) in [7, 11) is 3.25. The molecule has 9 rings (SSSR count). The van der Waals surface area contributed by atoms with E-state index in [-0.39, 0.29) is 47.6 Å². The highest BCUT2D eigenvalue weighted by Gasteiger charge is 2.44. The number of nitrogens with two attached hydrogens (primary N) is 2. The van der Waals surface area contributed by atoms with Gasteiger partial charge in [-0.05, 0) is 69.9 Å². The number of hydrogen-bond acceptors (Lipinski definition) is 13. The van der Waals surface area contributed by atoms with Crippen LogP contribution in [-0.2, 0) is 31.4 Å². The Morgan fingerprint density at radius 2 is 1.54 bits per heavy atom. The molecule has 2 aromatic carbocycles. The van der Waals surface area contributed by atoms with Gasteiger partial charge in [0, 0.05) is 89.3 Å². The van der Waals surface area contributed by atoms with Gasteiger partial charge in [-0.1, -0.05) is 12.2 Å². The average Bonchev–Trinajstić information content (AvgIpc) is 4.04. The molecule has 0 atom stereocenters. The second-order valence-electron chi connectivity index (χ2n) is 17.4. The van der Waals surface area contributed by atoms with E-state index in [4.69, 9.17) is 35.6 Å². The molecule has 1 spiro atoms.